The molecule has 0 aliphatic rings. The van der Waals surface area contributed by atoms with Crippen LogP contribution in [0.15, 0.2) is 48.7 Å². The van der Waals surface area contributed by atoms with Crippen molar-refractivity contribution in [3.8, 4) is 0 Å². The molecule has 6 nitrogen and oxygen atoms in total. The highest BCUT2D eigenvalue weighted by molar-refractivity contribution is 7.92. The SMILES string of the molecule is Cc1cc(C)cc(N(CCNC(=O)Cc2c[nH]c3ccccc23)S(C)(=O)=O)c1. The largest absolute Gasteiger partial charge is 0.361 e. The van der Waals surface area contributed by atoms with Crippen LogP contribution >= 0.6 is 0 Å². The van der Waals surface area contributed by atoms with Crippen molar-refractivity contribution in [1.29, 1.82) is 0 Å². The molecular formula is C21H25N3O3S. The van der Waals surface area contributed by atoms with Gasteiger partial charge >= 0.3 is 0 Å². The van der Waals surface area contributed by atoms with Crippen LogP contribution in [0.4, 0.5) is 5.69 Å². The van der Waals surface area contributed by atoms with Crippen molar-refractivity contribution in [2.24, 2.45) is 0 Å². The first-order chi connectivity index (χ1) is 13.2. The first-order valence-corrected chi connectivity index (χ1v) is 11.0. The lowest BCUT2D eigenvalue weighted by Crippen LogP contribution is -2.38. The minimum Gasteiger partial charge on any atom is -0.361 e. The van der Waals surface area contributed by atoms with Crippen LogP contribution in [-0.2, 0) is 21.2 Å². The second kappa shape index (κ2) is 8.06. The van der Waals surface area contributed by atoms with Crippen molar-refractivity contribution >= 4 is 32.5 Å². The number of benzene rings is 2. The minimum atomic E-state index is -3.45. The van der Waals surface area contributed by atoms with Gasteiger partial charge in [-0.1, -0.05) is 24.3 Å². The summed E-state index contributed by atoms with van der Waals surface area (Å²) in [6, 6.07) is 13.5. The fraction of sp³-hybridized carbons (Fsp3) is 0.286. The van der Waals surface area contributed by atoms with E-state index in [9.17, 15) is 13.2 Å². The van der Waals surface area contributed by atoms with E-state index in [2.05, 4.69) is 10.3 Å². The van der Waals surface area contributed by atoms with Crippen molar-refractivity contribution < 1.29 is 13.2 Å². The lowest BCUT2D eigenvalue weighted by Gasteiger charge is -2.23. The number of aryl methyl sites for hydroxylation is 2. The molecule has 3 aromatic rings. The summed E-state index contributed by atoms with van der Waals surface area (Å²) in [7, 11) is -3.45. The molecule has 0 saturated carbocycles. The maximum Gasteiger partial charge on any atom is 0.232 e. The maximum atomic E-state index is 12.3. The summed E-state index contributed by atoms with van der Waals surface area (Å²) in [5, 5.41) is 3.85. The molecular weight excluding hydrogens is 374 g/mol. The number of aromatic amines is 1. The first kappa shape index (κ1) is 19.9. The van der Waals surface area contributed by atoms with E-state index in [-0.39, 0.29) is 25.4 Å². The molecule has 0 radical (unpaired) electrons. The van der Waals surface area contributed by atoms with E-state index >= 15 is 0 Å². The Morgan fingerprint density at radius 3 is 2.46 bits per heavy atom. The van der Waals surface area contributed by atoms with Gasteiger partial charge in [0.25, 0.3) is 0 Å². The van der Waals surface area contributed by atoms with Gasteiger partial charge in [0.05, 0.1) is 24.9 Å². The summed E-state index contributed by atoms with van der Waals surface area (Å²) < 4.78 is 25.8. The maximum absolute atomic E-state index is 12.3. The molecule has 1 heterocycles. The predicted octanol–water partition coefficient (Wildman–Crippen LogP) is 2.91. The summed E-state index contributed by atoms with van der Waals surface area (Å²) >= 11 is 0. The van der Waals surface area contributed by atoms with E-state index in [1.54, 1.807) is 0 Å². The number of nitrogens with one attached hydrogen (secondary N) is 2. The van der Waals surface area contributed by atoms with Gasteiger partial charge in [-0.15, -0.1) is 0 Å². The third-order valence-corrected chi connectivity index (χ3v) is 5.75. The highest BCUT2D eigenvalue weighted by atomic mass is 32.2. The molecule has 1 amide bonds. The van der Waals surface area contributed by atoms with Crippen molar-refractivity contribution in [2.45, 2.75) is 20.3 Å². The second-order valence-corrected chi connectivity index (χ2v) is 8.97. The van der Waals surface area contributed by atoms with Crippen LogP contribution in [0.5, 0.6) is 0 Å². The third-order valence-electron chi connectivity index (χ3n) is 4.56. The molecule has 0 saturated heterocycles. The molecule has 0 unspecified atom stereocenters. The lowest BCUT2D eigenvalue weighted by atomic mass is 10.1. The Kier molecular flexibility index (Phi) is 5.74. The molecule has 3 rings (SSSR count). The van der Waals surface area contributed by atoms with E-state index in [4.69, 9.17) is 0 Å². The van der Waals surface area contributed by atoms with Crippen LogP contribution in [0.2, 0.25) is 0 Å². The van der Waals surface area contributed by atoms with E-state index < -0.39 is 10.0 Å². The fourth-order valence-corrected chi connectivity index (χ4v) is 4.30. The number of nitrogens with zero attached hydrogens (tertiary/aromatic N) is 1. The number of fused-ring (bicyclic) bond motifs is 1. The van der Waals surface area contributed by atoms with E-state index in [0.717, 1.165) is 27.6 Å². The summed E-state index contributed by atoms with van der Waals surface area (Å²) in [4.78, 5) is 15.5. The zero-order valence-electron chi connectivity index (χ0n) is 16.3. The Hall–Kier alpha value is -2.80. The smallest absolute Gasteiger partial charge is 0.232 e. The number of amides is 1. The quantitative estimate of drug-likeness (QED) is 0.641. The van der Waals surface area contributed by atoms with Gasteiger partial charge in [0.1, 0.15) is 0 Å². The Morgan fingerprint density at radius 2 is 1.79 bits per heavy atom. The predicted molar refractivity (Wildman–Crippen MR) is 113 cm³/mol. The molecule has 28 heavy (non-hydrogen) atoms. The average molecular weight is 400 g/mol. The molecule has 0 spiro atoms. The number of anilines is 1. The number of hydrogen-bond acceptors (Lipinski definition) is 3. The number of carbonyl (C=O) groups is 1. The average Bonchev–Trinajstić information content (AvgIpc) is 3.00. The monoisotopic (exact) mass is 399 g/mol. The van der Waals surface area contributed by atoms with Gasteiger partial charge in [0.2, 0.25) is 15.9 Å². The molecule has 0 aliphatic heterocycles. The van der Waals surface area contributed by atoms with Gasteiger partial charge in [0.15, 0.2) is 0 Å². The van der Waals surface area contributed by atoms with Crippen LogP contribution in [0.25, 0.3) is 10.9 Å². The standard InChI is InChI=1S/C21H25N3O3S/c1-15-10-16(2)12-18(11-15)24(28(3,26)27)9-8-22-21(25)13-17-14-23-20-7-5-4-6-19(17)20/h4-7,10-12,14,23H,8-9,13H2,1-3H3,(H,22,25). The Bertz CT molecular complexity index is 1080. The van der Waals surface area contributed by atoms with Crippen LogP contribution in [0.1, 0.15) is 16.7 Å². The molecule has 0 aliphatic carbocycles. The Balaban J connectivity index is 1.65. The van der Waals surface area contributed by atoms with Crippen molar-refractivity contribution in [3.63, 3.8) is 0 Å². The van der Waals surface area contributed by atoms with Crippen molar-refractivity contribution in [1.82, 2.24) is 10.3 Å². The highest BCUT2D eigenvalue weighted by Crippen LogP contribution is 2.21. The van der Waals surface area contributed by atoms with Crippen LogP contribution in [0, 0.1) is 13.8 Å². The summed E-state index contributed by atoms with van der Waals surface area (Å²) in [5.74, 6) is -0.140. The summed E-state index contributed by atoms with van der Waals surface area (Å²) in [5.41, 5.74) is 4.51. The lowest BCUT2D eigenvalue weighted by molar-refractivity contribution is -0.120. The number of sulfonamides is 1. The molecule has 0 fully saturated rings. The first-order valence-electron chi connectivity index (χ1n) is 9.12. The van der Waals surface area contributed by atoms with Gasteiger partial charge in [-0.3, -0.25) is 9.10 Å². The fourth-order valence-electron chi connectivity index (χ4n) is 3.39. The third kappa shape index (κ3) is 4.72. The number of hydrogen-bond donors (Lipinski definition) is 2. The molecule has 7 heteroatoms. The van der Waals surface area contributed by atoms with E-state index in [1.807, 2.05) is 62.5 Å². The molecule has 148 valence electrons. The molecule has 0 bridgehead atoms. The molecule has 2 aromatic carbocycles. The van der Waals surface area contributed by atoms with Crippen LogP contribution < -0.4 is 9.62 Å². The number of rotatable bonds is 7. The van der Waals surface area contributed by atoms with E-state index in [0.29, 0.717) is 5.69 Å². The number of carbonyl (C=O) groups excluding carboxylic acids is 1. The number of aromatic nitrogens is 1. The Morgan fingerprint density at radius 1 is 1.11 bits per heavy atom. The zero-order chi connectivity index (χ0) is 20.3. The minimum absolute atomic E-state index is 0.140. The zero-order valence-corrected chi connectivity index (χ0v) is 17.1. The van der Waals surface area contributed by atoms with Crippen molar-refractivity contribution in [2.75, 3.05) is 23.7 Å². The van der Waals surface area contributed by atoms with Crippen LogP contribution in [0.3, 0.4) is 0 Å². The second-order valence-electron chi connectivity index (χ2n) is 7.07. The molecule has 2 N–H and O–H groups in total. The van der Waals surface area contributed by atoms with Crippen molar-refractivity contribution in [3.05, 3.63) is 65.4 Å². The molecule has 0 atom stereocenters. The van der Waals surface area contributed by atoms with Gasteiger partial charge in [-0.05, 0) is 48.7 Å². The summed E-state index contributed by atoms with van der Waals surface area (Å²) in [6.45, 7) is 4.28. The topological polar surface area (TPSA) is 82.3 Å². The van der Waals surface area contributed by atoms with Gasteiger partial charge < -0.3 is 10.3 Å². The van der Waals surface area contributed by atoms with E-state index in [1.165, 1.54) is 10.6 Å². The highest BCUT2D eigenvalue weighted by Gasteiger charge is 2.18. The van der Waals surface area contributed by atoms with Gasteiger partial charge in [-0.25, -0.2) is 8.42 Å². The number of H-pyrrole nitrogens is 1. The van der Waals surface area contributed by atoms with Crippen LogP contribution in [-0.4, -0.2) is 38.7 Å². The summed E-state index contributed by atoms with van der Waals surface area (Å²) in [6.07, 6.45) is 3.26. The Labute approximate surface area is 165 Å². The van der Waals surface area contributed by atoms with Gasteiger partial charge in [0, 0.05) is 23.6 Å². The molecule has 1 aromatic heterocycles. The van der Waals surface area contributed by atoms with Gasteiger partial charge in [-0.2, -0.15) is 0 Å². The number of para-hydroxylation sites is 1. The normalized spacial score (nSPS) is 11.5.